The zero-order chi connectivity index (χ0) is 10.1. The van der Waals surface area contributed by atoms with E-state index in [9.17, 15) is 4.79 Å². The van der Waals surface area contributed by atoms with E-state index in [0.29, 0.717) is 13.0 Å². The minimum Gasteiger partial charge on any atom is -0.463 e. The van der Waals surface area contributed by atoms with Crippen molar-refractivity contribution in [2.75, 3.05) is 27.4 Å². The average molecular weight is 190 g/mol. The summed E-state index contributed by atoms with van der Waals surface area (Å²) < 4.78 is 14.8. The first-order valence-corrected chi connectivity index (χ1v) is 4.41. The maximum absolute atomic E-state index is 10.9. The molecule has 0 spiro atoms. The smallest absolute Gasteiger partial charge is 0.305 e. The van der Waals surface area contributed by atoms with E-state index in [1.54, 1.807) is 14.2 Å². The number of ether oxygens (including phenoxy) is 3. The monoisotopic (exact) mass is 190 g/mol. The zero-order valence-electron chi connectivity index (χ0n) is 8.54. The third-order valence-corrected chi connectivity index (χ3v) is 1.57. The molecule has 0 aliphatic carbocycles. The highest BCUT2D eigenvalue weighted by molar-refractivity contribution is 5.69. The van der Waals surface area contributed by atoms with Crippen molar-refractivity contribution in [3.63, 3.8) is 0 Å². The number of carbonyl (C=O) groups excluding carboxylic acids is 1. The molecule has 0 bridgehead atoms. The molecule has 0 aromatic carbocycles. The highest BCUT2D eigenvalue weighted by atomic mass is 16.6. The third kappa shape index (κ3) is 6.54. The Labute approximate surface area is 79.2 Å². The summed E-state index contributed by atoms with van der Waals surface area (Å²) in [6.07, 6.45) is 1.11. The average Bonchev–Trinajstić information content (AvgIpc) is 2.12. The molecule has 0 saturated carbocycles. The summed E-state index contributed by atoms with van der Waals surface area (Å²) in [5.74, 6) is -0.180. The SMILES string of the molecule is CCCC(=O)OC[C@H](COC)OC. The van der Waals surface area contributed by atoms with E-state index >= 15 is 0 Å². The van der Waals surface area contributed by atoms with Gasteiger partial charge in [0.05, 0.1) is 6.61 Å². The molecular formula is C9H18O4. The van der Waals surface area contributed by atoms with Gasteiger partial charge in [-0.1, -0.05) is 6.92 Å². The molecule has 0 aliphatic heterocycles. The number of hydrogen-bond donors (Lipinski definition) is 0. The molecule has 13 heavy (non-hydrogen) atoms. The van der Waals surface area contributed by atoms with Crippen LogP contribution in [0.25, 0.3) is 0 Å². The van der Waals surface area contributed by atoms with E-state index in [0.717, 1.165) is 6.42 Å². The number of esters is 1. The molecule has 0 amide bonds. The van der Waals surface area contributed by atoms with Crippen molar-refractivity contribution in [1.29, 1.82) is 0 Å². The molecule has 0 N–H and O–H groups in total. The minimum absolute atomic E-state index is 0.161. The topological polar surface area (TPSA) is 44.8 Å². The number of methoxy groups -OCH3 is 2. The first kappa shape index (κ1) is 12.4. The van der Waals surface area contributed by atoms with Crippen molar-refractivity contribution in [3.05, 3.63) is 0 Å². The Morgan fingerprint density at radius 2 is 2.00 bits per heavy atom. The van der Waals surface area contributed by atoms with Gasteiger partial charge in [0.2, 0.25) is 0 Å². The maximum Gasteiger partial charge on any atom is 0.305 e. The van der Waals surface area contributed by atoms with E-state index in [1.165, 1.54) is 0 Å². The summed E-state index contributed by atoms with van der Waals surface area (Å²) in [7, 11) is 3.15. The van der Waals surface area contributed by atoms with Gasteiger partial charge in [0.1, 0.15) is 12.7 Å². The van der Waals surface area contributed by atoms with Crippen LogP contribution in [0.1, 0.15) is 19.8 Å². The van der Waals surface area contributed by atoms with E-state index in [2.05, 4.69) is 0 Å². The van der Waals surface area contributed by atoms with Crippen molar-refractivity contribution >= 4 is 5.97 Å². The molecule has 0 rings (SSSR count). The second-order valence-electron chi connectivity index (χ2n) is 2.75. The van der Waals surface area contributed by atoms with E-state index < -0.39 is 0 Å². The number of rotatable bonds is 7. The normalized spacial score (nSPS) is 12.5. The highest BCUT2D eigenvalue weighted by Gasteiger charge is 2.09. The summed E-state index contributed by atoms with van der Waals surface area (Å²) >= 11 is 0. The van der Waals surface area contributed by atoms with Crippen LogP contribution >= 0.6 is 0 Å². The van der Waals surface area contributed by atoms with Crippen LogP contribution in [0, 0.1) is 0 Å². The van der Waals surface area contributed by atoms with Gasteiger partial charge in [-0.05, 0) is 6.42 Å². The lowest BCUT2D eigenvalue weighted by molar-refractivity contribution is -0.148. The van der Waals surface area contributed by atoms with E-state index in [4.69, 9.17) is 14.2 Å². The Balaban J connectivity index is 3.52. The number of hydrogen-bond acceptors (Lipinski definition) is 4. The predicted octanol–water partition coefficient (Wildman–Crippen LogP) is 0.991. The van der Waals surface area contributed by atoms with Crippen LogP contribution in [0.15, 0.2) is 0 Å². The van der Waals surface area contributed by atoms with Crippen molar-refractivity contribution in [1.82, 2.24) is 0 Å². The van der Waals surface area contributed by atoms with Crippen molar-refractivity contribution in [3.8, 4) is 0 Å². The minimum atomic E-state index is -0.180. The first-order chi connectivity index (χ1) is 6.24. The summed E-state index contributed by atoms with van der Waals surface area (Å²) in [4.78, 5) is 10.9. The van der Waals surface area contributed by atoms with Crippen LogP contribution in [-0.4, -0.2) is 39.5 Å². The van der Waals surface area contributed by atoms with Gasteiger partial charge < -0.3 is 14.2 Å². The van der Waals surface area contributed by atoms with Crippen molar-refractivity contribution in [2.24, 2.45) is 0 Å². The van der Waals surface area contributed by atoms with Gasteiger partial charge >= 0.3 is 5.97 Å². The Kier molecular flexibility index (Phi) is 7.63. The molecule has 0 aliphatic rings. The maximum atomic E-state index is 10.9. The molecule has 0 aromatic rings. The van der Waals surface area contributed by atoms with Crippen molar-refractivity contribution in [2.45, 2.75) is 25.9 Å². The van der Waals surface area contributed by atoms with Gasteiger partial charge in [0.25, 0.3) is 0 Å². The molecule has 0 fully saturated rings. The Morgan fingerprint density at radius 1 is 1.31 bits per heavy atom. The Bertz CT molecular complexity index is 136. The summed E-state index contributed by atoms with van der Waals surface area (Å²) in [6, 6.07) is 0. The van der Waals surface area contributed by atoms with Gasteiger partial charge in [-0.25, -0.2) is 0 Å². The lowest BCUT2D eigenvalue weighted by Crippen LogP contribution is -2.25. The molecule has 4 heteroatoms. The first-order valence-electron chi connectivity index (χ1n) is 4.41. The third-order valence-electron chi connectivity index (χ3n) is 1.57. The van der Waals surface area contributed by atoms with Crippen LogP contribution < -0.4 is 0 Å². The molecule has 0 saturated heterocycles. The standard InChI is InChI=1S/C9H18O4/c1-4-5-9(10)13-7-8(12-3)6-11-2/h8H,4-7H2,1-3H3/t8-/m0/s1. The predicted molar refractivity (Wildman–Crippen MR) is 48.5 cm³/mol. The van der Waals surface area contributed by atoms with Crippen LogP contribution in [0.2, 0.25) is 0 Å². The second-order valence-corrected chi connectivity index (χ2v) is 2.75. The van der Waals surface area contributed by atoms with Gasteiger partial charge in [0, 0.05) is 20.6 Å². The van der Waals surface area contributed by atoms with Crippen LogP contribution in [0.3, 0.4) is 0 Å². The molecule has 0 unspecified atom stereocenters. The highest BCUT2D eigenvalue weighted by Crippen LogP contribution is 1.96. The largest absolute Gasteiger partial charge is 0.463 e. The van der Waals surface area contributed by atoms with Gasteiger partial charge in [-0.15, -0.1) is 0 Å². The second kappa shape index (κ2) is 8.01. The summed E-state index contributed by atoms with van der Waals surface area (Å²) in [6.45, 7) is 2.64. The van der Waals surface area contributed by atoms with Gasteiger partial charge in [-0.3, -0.25) is 4.79 Å². The lowest BCUT2D eigenvalue weighted by atomic mass is 10.3. The Morgan fingerprint density at radius 3 is 2.46 bits per heavy atom. The zero-order valence-corrected chi connectivity index (χ0v) is 8.54. The van der Waals surface area contributed by atoms with Crippen LogP contribution in [0.5, 0.6) is 0 Å². The molecule has 0 radical (unpaired) electrons. The van der Waals surface area contributed by atoms with Crippen LogP contribution in [-0.2, 0) is 19.0 Å². The van der Waals surface area contributed by atoms with E-state index in [1.807, 2.05) is 6.92 Å². The molecule has 0 heterocycles. The molecule has 78 valence electrons. The summed E-state index contributed by atoms with van der Waals surface area (Å²) in [5.41, 5.74) is 0. The lowest BCUT2D eigenvalue weighted by Gasteiger charge is -2.13. The quantitative estimate of drug-likeness (QED) is 0.562. The van der Waals surface area contributed by atoms with Crippen LogP contribution in [0.4, 0.5) is 0 Å². The number of carbonyl (C=O) groups is 1. The molecule has 4 nitrogen and oxygen atoms in total. The summed E-state index contributed by atoms with van der Waals surface area (Å²) in [5, 5.41) is 0. The van der Waals surface area contributed by atoms with Gasteiger partial charge in [0.15, 0.2) is 0 Å². The van der Waals surface area contributed by atoms with Gasteiger partial charge in [-0.2, -0.15) is 0 Å². The fraction of sp³-hybridized carbons (Fsp3) is 0.889. The fourth-order valence-electron chi connectivity index (χ4n) is 0.832. The Hall–Kier alpha value is -0.610. The fourth-order valence-corrected chi connectivity index (χ4v) is 0.832. The van der Waals surface area contributed by atoms with Crippen molar-refractivity contribution < 1.29 is 19.0 Å². The molecule has 0 aromatic heterocycles. The molecular weight excluding hydrogens is 172 g/mol. The van der Waals surface area contributed by atoms with E-state index in [-0.39, 0.29) is 18.7 Å². The molecule has 1 atom stereocenters.